The summed E-state index contributed by atoms with van der Waals surface area (Å²) in [6.45, 7) is 6.10. The van der Waals surface area contributed by atoms with E-state index in [9.17, 15) is 5.11 Å². The standard InChI is InChI=1S/C14H19NO/c1-11(2)7-9-15-10-8-14(16)12-5-3-4-6-13(12)15/h3-7,14,16H,8-10H2,1-2H3. The second-order valence-corrected chi connectivity index (χ2v) is 4.59. The van der Waals surface area contributed by atoms with Crippen LogP contribution in [0.5, 0.6) is 0 Å². The fourth-order valence-electron chi connectivity index (χ4n) is 2.09. The van der Waals surface area contributed by atoms with Gasteiger partial charge in [0.15, 0.2) is 0 Å². The number of hydrogen-bond acceptors (Lipinski definition) is 2. The van der Waals surface area contributed by atoms with Crippen LogP contribution in [0.25, 0.3) is 0 Å². The maximum atomic E-state index is 9.91. The van der Waals surface area contributed by atoms with Gasteiger partial charge < -0.3 is 10.0 Å². The van der Waals surface area contributed by atoms with E-state index < -0.39 is 0 Å². The molecule has 1 atom stereocenters. The Hall–Kier alpha value is -1.28. The zero-order valence-corrected chi connectivity index (χ0v) is 9.98. The number of aliphatic hydroxyl groups is 1. The summed E-state index contributed by atoms with van der Waals surface area (Å²) in [5.41, 5.74) is 3.58. The first-order chi connectivity index (χ1) is 7.68. The maximum Gasteiger partial charge on any atom is 0.0826 e. The van der Waals surface area contributed by atoms with Crippen LogP contribution in [0.3, 0.4) is 0 Å². The average molecular weight is 217 g/mol. The number of aliphatic hydroxyl groups excluding tert-OH is 1. The molecule has 1 unspecified atom stereocenters. The summed E-state index contributed by atoms with van der Waals surface area (Å²) in [5, 5.41) is 9.91. The van der Waals surface area contributed by atoms with E-state index in [1.54, 1.807) is 0 Å². The lowest BCUT2D eigenvalue weighted by molar-refractivity contribution is 0.164. The van der Waals surface area contributed by atoms with Crippen LogP contribution in [0.2, 0.25) is 0 Å². The van der Waals surface area contributed by atoms with Crippen molar-refractivity contribution in [1.29, 1.82) is 0 Å². The van der Waals surface area contributed by atoms with E-state index in [1.165, 1.54) is 11.3 Å². The molecule has 1 N–H and O–H groups in total. The smallest absolute Gasteiger partial charge is 0.0826 e. The number of anilines is 1. The van der Waals surface area contributed by atoms with E-state index in [0.717, 1.165) is 25.1 Å². The van der Waals surface area contributed by atoms with E-state index in [4.69, 9.17) is 0 Å². The van der Waals surface area contributed by atoms with Crippen LogP contribution in [-0.4, -0.2) is 18.2 Å². The Morgan fingerprint density at radius 2 is 2.19 bits per heavy atom. The van der Waals surface area contributed by atoms with Crippen molar-refractivity contribution >= 4 is 5.69 Å². The van der Waals surface area contributed by atoms with Crippen LogP contribution in [0.1, 0.15) is 31.9 Å². The first kappa shape index (κ1) is 11.2. The minimum Gasteiger partial charge on any atom is -0.388 e. The van der Waals surface area contributed by atoms with Gasteiger partial charge in [-0.25, -0.2) is 0 Å². The highest BCUT2D eigenvalue weighted by Crippen LogP contribution is 2.33. The summed E-state index contributed by atoms with van der Waals surface area (Å²) in [5.74, 6) is 0. The molecule has 0 saturated heterocycles. The van der Waals surface area contributed by atoms with Gasteiger partial charge in [-0.05, 0) is 26.3 Å². The highest BCUT2D eigenvalue weighted by atomic mass is 16.3. The van der Waals surface area contributed by atoms with Crippen LogP contribution in [0.4, 0.5) is 5.69 Å². The van der Waals surface area contributed by atoms with Crippen molar-refractivity contribution in [3.8, 4) is 0 Å². The van der Waals surface area contributed by atoms with Crippen LogP contribution in [0, 0.1) is 0 Å². The van der Waals surface area contributed by atoms with Crippen molar-refractivity contribution in [2.24, 2.45) is 0 Å². The predicted octanol–water partition coefficient (Wildman–Crippen LogP) is 2.90. The molecule has 1 aromatic carbocycles. The van der Waals surface area contributed by atoms with Gasteiger partial charge in [0.2, 0.25) is 0 Å². The SMILES string of the molecule is CC(C)=CCN1CCC(O)c2ccccc21. The normalized spacial score (nSPS) is 19.2. The minimum atomic E-state index is -0.292. The molecule has 0 aromatic heterocycles. The van der Waals surface area contributed by atoms with Gasteiger partial charge >= 0.3 is 0 Å². The summed E-state index contributed by atoms with van der Waals surface area (Å²) in [4.78, 5) is 2.33. The molecule has 2 heteroatoms. The molecule has 0 amide bonds. The predicted molar refractivity (Wildman–Crippen MR) is 67.7 cm³/mol. The summed E-state index contributed by atoms with van der Waals surface area (Å²) in [6.07, 6.45) is 2.77. The Morgan fingerprint density at radius 1 is 1.44 bits per heavy atom. The fraction of sp³-hybridized carbons (Fsp3) is 0.429. The van der Waals surface area contributed by atoms with E-state index >= 15 is 0 Å². The van der Waals surface area contributed by atoms with Crippen molar-refractivity contribution in [2.75, 3.05) is 18.0 Å². The van der Waals surface area contributed by atoms with E-state index in [1.807, 2.05) is 18.2 Å². The Morgan fingerprint density at radius 3 is 2.94 bits per heavy atom. The quantitative estimate of drug-likeness (QED) is 0.770. The third kappa shape index (κ3) is 2.27. The van der Waals surface area contributed by atoms with Crippen molar-refractivity contribution in [1.82, 2.24) is 0 Å². The van der Waals surface area contributed by atoms with E-state index in [2.05, 4.69) is 30.9 Å². The fourth-order valence-corrected chi connectivity index (χ4v) is 2.09. The molecule has 16 heavy (non-hydrogen) atoms. The average Bonchev–Trinajstić information content (AvgIpc) is 2.28. The number of allylic oxidation sites excluding steroid dienone is 1. The topological polar surface area (TPSA) is 23.5 Å². The molecule has 0 spiro atoms. The Bertz CT molecular complexity index is 393. The summed E-state index contributed by atoms with van der Waals surface area (Å²) in [7, 11) is 0. The summed E-state index contributed by atoms with van der Waals surface area (Å²) in [6, 6.07) is 8.14. The lowest BCUT2D eigenvalue weighted by atomic mass is 9.99. The lowest BCUT2D eigenvalue weighted by Crippen LogP contribution is -2.31. The summed E-state index contributed by atoms with van der Waals surface area (Å²) < 4.78 is 0. The number of nitrogens with zero attached hydrogens (tertiary/aromatic N) is 1. The number of fused-ring (bicyclic) bond motifs is 1. The minimum absolute atomic E-state index is 0.292. The van der Waals surface area contributed by atoms with Gasteiger partial charge in [0.05, 0.1) is 6.10 Å². The van der Waals surface area contributed by atoms with E-state index in [-0.39, 0.29) is 6.10 Å². The molecule has 1 heterocycles. The number of hydrogen-bond donors (Lipinski definition) is 1. The van der Waals surface area contributed by atoms with Crippen LogP contribution in [-0.2, 0) is 0 Å². The number of rotatable bonds is 2. The molecule has 0 radical (unpaired) electrons. The first-order valence-corrected chi connectivity index (χ1v) is 5.84. The van der Waals surface area contributed by atoms with Crippen molar-refractivity contribution < 1.29 is 5.11 Å². The Kier molecular flexibility index (Phi) is 3.30. The first-order valence-electron chi connectivity index (χ1n) is 5.84. The Labute approximate surface area is 97.2 Å². The molecule has 0 saturated carbocycles. The van der Waals surface area contributed by atoms with Crippen LogP contribution < -0.4 is 4.90 Å². The van der Waals surface area contributed by atoms with Crippen molar-refractivity contribution in [3.63, 3.8) is 0 Å². The number of para-hydroxylation sites is 1. The third-order valence-electron chi connectivity index (χ3n) is 3.03. The molecule has 1 aliphatic heterocycles. The van der Waals surface area contributed by atoms with Gasteiger partial charge in [-0.1, -0.05) is 29.8 Å². The molecule has 1 aliphatic rings. The molecule has 2 nitrogen and oxygen atoms in total. The molecular formula is C14H19NO. The number of benzene rings is 1. The van der Waals surface area contributed by atoms with Gasteiger partial charge in [0.1, 0.15) is 0 Å². The maximum absolute atomic E-state index is 9.91. The monoisotopic (exact) mass is 217 g/mol. The molecule has 86 valence electrons. The lowest BCUT2D eigenvalue weighted by Gasteiger charge is -2.33. The second kappa shape index (κ2) is 4.71. The van der Waals surface area contributed by atoms with Gasteiger partial charge in [-0.15, -0.1) is 0 Å². The second-order valence-electron chi connectivity index (χ2n) is 4.59. The highest BCUT2D eigenvalue weighted by Gasteiger charge is 2.21. The van der Waals surface area contributed by atoms with E-state index in [0.29, 0.717) is 0 Å². The molecular weight excluding hydrogens is 198 g/mol. The van der Waals surface area contributed by atoms with Crippen molar-refractivity contribution in [2.45, 2.75) is 26.4 Å². The molecule has 2 rings (SSSR count). The van der Waals surface area contributed by atoms with Crippen LogP contribution >= 0.6 is 0 Å². The molecule has 0 bridgehead atoms. The largest absolute Gasteiger partial charge is 0.388 e. The van der Waals surface area contributed by atoms with Gasteiger partial charge in [0.25, 0.3) is 0 Å². The van der Waals surface area contributed by atoms with Crippen LogP contribution in [0.15, 0.2) is 35.9 Å². The zero-order chi connectivity index (χ0) is 11.5. The zero-order valence-electron chi connectivity index (χ0n) is 9.98. The molecule has 0 fully saturated rings. The van der Waals surface area contributed by atoms with Gasteiger partial charge in [-0.3, -0.25) is 0 Å². The van der Waals surface area contributed by atoms with Crippen molar-refractivity contribution in [3.05, 3.63) is 41.5 Å². The highest BCUT2D eigenvalue weighted by molar-refractivity contribution is 5.56. The molecule has 1 aromatic rings. The third-order valence-corrected chi connectivity index (χ3v) is 3.03. The van der Waals surface area contributed by atoms with Gasteiger partial charge in [-0.2, -0.15) is 0 Å². The summed E-state index contributed by atoms with van der Waals surface area (Å²) >= 11 is 0. The van der Waals surface area contributed by atoms with Gasteiger partial charge in [0, 0.05) is 24.3 Å². The Balaban J connectivity index is 2.24. The molecule has 0 aliphatic carbocycles.